The molecular weight excluding hydrogens is 644 g/mol. The number of esters is 1. The van der Waals surface area contributed by atoms with E-state index in [1.54, 1.807) is 0 Å². The van der Waals surface area contributed by atoms with E-state index in [1.807, 2.05) is 12.2 Å². The van der Waals surface area contributed by atoms with Crippen LogP contribution in [0, 0.1) is 0 Å². The third-order valence-electron chi connectivity index (χ3n) is 7.17. The van der Waals surface area contributed by atoms with Crippen molar-refractivity contribution >= 4 is 16.4 Å². The van der Waals surface area contributed by atoms with E-state index in [9.17, 15) is 28.5 Å². The normalized spacial score (nSPS) is 23.0. The second-order valence-electron chi connectivity index (χ2n) is 11.4. The zero-order valence-corrected chi connectivity index (χ0v) is 29.3. The number of unbranched alkanes of at least 4 members (excludes halogenated alkanes) is 4. The van der Waals surface area contributed by atoms with Crippen molar-refractivity contribution in [2.45, 2.75) is 128 Å². The fraction of sp³-hybridized carbons (Fsp3) is 0.686. The minimum atomic E-state index is -5.06. The van der Waals surface area contributed by atoms with Crippen LogP contribution in [-0.4, -0.2) is 97.5 Å². The zero-order valence-electron chi connectivity index (χ0n) is 28.5. The summed E-state index contributed by atoms with van der Waals surface area (Å²) in [5.41, 5.74) is 0. The van der Waals surface area contributed by atoms with Crippen molar-refractivity contribution in [3.05, 3.63) is 60.8 Å². The van der Waals surface area contributed by atoms with Gasteiger partial charge in [-0.3, -0.25) is 9.35 Å². The molecule has 0 aliphatic carbocycles. The van der Waals surface area contributed by atoms with E-state index in [1.165, 1.54) is 0 Å². The standard InChI is InChI=1S/C35H58O12S/c1-3-5-7-9-10-11-12-13-14-15-16-17-18-19-21-23-25-43-27-29(45-31(37)24-22-20-8-6-4-2)28-44-35-33(39)34(47-48(40,41)42)32(38)30(26-36)46-35/h5,7,10-11,13-14,16-17,19,21,29-30,32-36,38-39H,3-4,6,8-9,12,15,18,20,22-28H2,1-2H3,(H,40,41,42)/b7-5-,11-10-,14-13-,17-16-,21-19-. The number of carbonyl (C=O) groups is 1. The molecule has 0 bridgehead atoms. The third-order valence-corrected chi connectivity index (χ3v) is 7.64. The summed E-state index contributed by atoms with van der Waals surface area (Å²) in [5, 5.41) is 30.3. The molecule has 1 heterocycles. The summed E-state index contributed by atoms with van der Waals surface area (Å²) in [5.74, 6) is -0.442. The lowest BCUT2D eigenvalue weighted by molar-refractivity contribution is -0.301. The van der Waals surface area contributed by atoms with Crippen LogP contribution in [-0.2, 0) is 38.3 Å². The summed E-state index contributed by atoms with van der Waals surface area (Å²) in [6.07, 6.45) is 22.0. The maximum Gasteiger partial charge on any atom is 0.397 e. The molecule has 6 unspecified atom stereocenters. The number of hydrogen-bond acceptors (Lipinski definition) is 11. The molecule has 0 spiro atoms. The SMILES string of the molecule is CC/C=C\C/C=C\C/C=C\C/C=C\C/C=C\CCOCC(COC1OC(CO)C(O)C(OS(=O)(=O)O)C1O)OC(=O)CCCCCCC. The van der Waals surface area contributed by atoms with Crippen LogP contribution >= 0.6 is 0 Å². The number of aliphatic hydroxyl groups is 3. The molecule has 1 aliphatic rings. The second kappa shape index (κ2) is 27.6. The van der Waals surface area contributed by atoms with Gasteiger partial charge in [-0.15, -0.1) is 0 Å². The number of aliphatic hydroxyl groups excluding tert-OH is 3. The Morgan fingerprint density at radius 2 is 1.40 bits per heavy atom. The molecule has 1 rings (SSSR count). The van der Waals surface area contributed by atoms with Gasteiger partial charge in [0.25, 0.3) is 0 Å². The van der Waals surface area contributed by atoms with Crippen LogP contribution in [0.15, 0.2) is 60.8 Å². The van der Waals surface area contributed by atoms with Crippen molar-refractivity contribution in [2.75, 3.05) is 26.4 Å². The summed E-state index contributed by atoms with van der Waals surface area (Å²) in [7, 11) is -5.06. The molecule has 0 aromatic rings. The highest BCUT2D eigenvalue weighted by molar-refractivity contribution is 7.80. The molecule has 0 amide bonds. The van der Waals surface area contributed by atoms with Crippen LogP contribution in [0.3, 0.4) is 0 Å². The lowest BCUT2D eigenvalue weighted by Gasteiger charge is -2.41. The van der Waals surface area contributed by atoms with Gasteiger partial charge in [0.15, 0.2) is 6.29 Å². The van der Waals surface area contributed by atoms with Gasteiger partial charge in [0, 0.05) is 6.42 Å². The third kappa shape index (κ3) is 21.7. The van der Waals surface area contributed by atoms with Gasteiger partial charge in [-0.2, -0.15) is 8.42 Å². The molecule has 276 valence electrons. The Morgan fingerprint density at radius 3 is 1.96 bits per heavy atom. The minimum Gasteiger partial charge on any atom is -0.457 e. The first-order chi connectivity index (χ1) is 23.1. The van der Waals surface area contributed by atoms with Crippen molar-refractivity contribution in [1.82, 2.24) is 0 Å². The van der Waals surface area contributed by atoms with Crippen LogP contribution in [0.25, 0.3) is 0 Å². The Balaban J connectivity index is 2.55. The van der Waals surface area contributed by atoms with Gasteiger partial charge in [-0.25, -0.2) is 4.18 Å². The molecule has 6 atom stereocenters. The highest BCUT2D eigenvalue weighted by Crippen LogP contribution is 2.26. The molecule has 4 N–H and O–H groups in total. The van der Waals surface area contributed by atoms with Gasteiger partial charge in [0.2, 0.25) is 0 Å². The molecule has 12 nitrogen and oxygen atoms in total. The Hall–Kier alpha value is -2.20. The first kappa shape index (κ1) is 43.8. The van der Waals surface area contributed by atoms with Crippen LogP contribution in [0.5, 0.6) is 0 Å². The Labute approximate surface area is 287 Å². The number of ether oxygens (including phenoxy) is 4. The molecule has 0 radical (unpaired) electrons. The largest absolute Gasteiger partial charge is 0.457 e. The molecule has 13 heteroatoms. The highest BCUT2D eigenvalue weighted by Gasteiger charge is 2.48. The predicted octanol–water partition coefficient (Wildman–Crippen LogP) is 5.06. The summed E-state index contributed by atoms with van der Waals surface area (Å²) >= 11 is 0. The summed E-state index contributed by atoms with van der Waals surface area (Å²) in [6, 6.07) is 0. The zero-order chi connectivity index (χ0) is 35.5. The van der Waals surface area contributed by atoms with E-state index < -0.39 is 59.8 Å². The molecular formula is C35H58O12S. The van der Waals surface area contributed by atoms with E-state index >= 15 is 0 Å². The second-order valence-corrected chi connectivity index (χ2v) is 12.4. The Bertz CT molecular complexity index is 1090. The van der Waals surface area contributed by atoms with E-state index in [2.05, 4.69) is 66.6 Å². The van der Waals surface area contributed by atoms with E-state index in [0.29, 0.717) is 19.4 Å². The van der Waals surface area contributed by atoms with Gasteiger partial charge in [-0.05, 0) is 44.9 Å². The van der Waals surface area contributed by atoms with Crippen molar-refractivity contribution in [3.8, 4) is 0 Å². The monoisotopic (exact) mass is 702 g/mol. The van der Waals surface area contributed by atoms with E-state index in [4.69, 9.17) is 23.5 Å². The molecule has 48 heavy (non-hydrogen) atoms. The van der Waals surface area contributed by atoms with Crippen molar-refractivity contribution < 1.29 is 56.2 Å². The summed E-state index contributed by atoms with van der Waals surface area (Å²) in [4.78, 5) is 12.5. The highest BCUT2D eigenvalue weighted by atomic mass is 32.3. The maximum atomic E-state index is 12.5. The van der Waals surface area contributed by atoms with Gasteiger partial charge < -0.3 is 34.3 Å². The quantitative estimate of drug-likeness (QED) is 0.0388. The van der Waals surface area contributed by atoms with Gasteiger partial charge in [0.1, 0.15) is 30.5 Å². The molecule has 0 aromatic heterocycles. The van der Waals surface area contributed by atoms with Crippen LogP contribution in [0.4, 0.5) is 0 Å². The maximum absolute atomic E-state index is 12.5. The van der Waals surface area contributed by atoms with E-state index in [-0.39, 0.29) is 19.6 Å². The van der Waals surface area contributed by atoms with Gasteiger partial charge in [0.05, 0.1) is 26.4 Å². The number of rotatable bonds is 27. The van der Waals surface area contributed by atoms with E-state index in [0.717, 1.165) is 57.8 Å². The average molecular weight is 703 g/mol. The minimum absolute atomic E-state index is 0.0217. The molecule has 1 saturated heterocycles. The molecule has 0 aromatic carbocycles. The number of carbonyl (C=O) groups excluding carboxylic acids is 1. The predicted molar refractivity (Wildman–Crippen MR) is 183 cm³/mol. The first-order valence-electron chi connectivity index (χ1n) is 17.0. The summed E-state index contributed by atoms with van der Waals surface area (Å²) in [6.45, 7) is 3.49. The first-order valence-corrected chi connectivity index (χ1v) is 18.4. The lowest BCUT2D eigenvalue weighted by Crippen LogP contribution is -2.60. The van der Waals surface area contributed by atoms with Gasteiger partial charge >= 0.3 is 16.4 Å². The summed E-state index contributed by atoms with van der Waals surface area (Å²) < 4.78 is 58.2. The smallest absolute Gasteiger partial charge is 0.397 e. The topological polar surface area (TPSA) is 178 Å². The Kier molecular flexibility index (Phi) is 25.2. The van der Waals surface area contributed by atoms with Crippen molar-refractivity contribution in [3.63, 3.8) is 0 Å². The molecule has 1 fully saturated rings. The fourth-order valence-electron chi connectivity index (χ4n) is 4.62. The average Bonchev–Trinajstić information content (AvgIpc) is 3.05. The molecule has 0 saturated carbocycles. The number of hydrogen-bond donors (Lipinski definition) is 4. The Morgan fingerprint density at radius 1 is 0.812 bits per heavy atom. The van der Waals surface area contributed by atoms with Crippen LogP contribution in [0.1, 0.15) is 90.9 Å². The van der Waals surface area contributed by atoms with Gasteiger partial charge in [-0.1, -0.05) is 100 Å². The van der Waals surface area contributed by atoms with Crippen molar-refractivity contribution in [2.24, 2.45) is 0 Å². The molecule has 1 aliphatic heterocycles. The van der Waals surface area contributed by atoms with Crippen LogP contribution in [0.2, 0.25) is 0 Å². The lowest BCUT2D eigenvalue weighted by atomic mass is 9.99. The van der Waals surface area contributed by atoms with Crippen LogP contribution < -0.4 is 0 Å². The van der Waals surface area contributed by atoms with Crippen molar-refractivity contribution in [1.29, 1.82) is 0 Å². The number of allylic oxidation sites excluding steroid dienone is 9. The fourth-order valence-corrected chi connectivity index (χ4v) is 5.12.